The van der Waals surface area contributed by atoms with Crippen LogP contribution < -0.4 is 0 Å². The van der Waals surface area contributed by atoms with E-state index in [4.69, 9.17) is 0 Å². The van der Waals surface area contributed by atoms with Gasteiger partial charge in [0.05, 0.1) is 12.3 Å². The molecule has 0 aliphatic rings. The summed E-state index contributed by atoms with van der Waals surface area (Å²) in [7, 11) is 0. The van der Waals surface area contributed by atoms with Crippen molar-refractivity contribution in [2.75, 3.05) is 0 Å². The largest absolute Gasteiger partial charge is 0.392 e. The third kappa shape index (κ3) is 5.88. The average molecular weight is 220 g/mol. The van der Waals surface area contributed by atoms with Crippen molar-refractivity contribution in [3.05, 3.63) is 12.7 Å². The first-order valence-electron chi connectivity index (χ1n) is 3.91. The van der Waals surface area contributed by atoms with Crippen molar-refractivity contribution in [2.45, 2.75) is 31.6 Å². The molecule has 0 aromatic rings. The zero-order valence-electron chi connectivity index (χ0n) is 7.25. The van der Waals surface area contributed by atoms with Crippen LogP contribution in [0.1, 0.15) is 19.3 Å². The van der Waals surface area contributed by atoms with Gasteiger partial charge in [-0.2, -0.15) is 26.3 Å². The van der Waals surface area contributed by atoms with Crippen molar-refractivity contribution in [2.24, 2.45) is 5.92 Å². The van der Waals surface area contributed by atoms with E-state index in [1.807, 2.05) is 0 Å². The van der Waals surface area contributed by atoms with E-state index < -0.39 is 31.1 Å². The molecule has 1 atom stereocenters. The maximum absolute atomic E-state index is 12.0. The van der Waals surface area contributed by atoms with Crippen LogP contribution in [0, 0.1) is 5.92 Å². The van der Waals surface area contributed by atoms with Crippen molar-refractivity contribution in [3.63, 3.8) is 0 Å². The van der Waals surface area contributed by atoms with Gasteiger partial charge in [0.15, 0.2) is 0 Å². The van der Waals surface area contributed by atoms with Gasteiger partial charge in [-0.05, 0) is 12.8 Å². The molecule has 0 aliphatic heterocycles. The molecule has 0 aromatic heterocycles. The van der Waals surface area contributed by atoms with Gasteiger partial charge < -0.3 is 0 Å². The lowest BCUT2D eigenvalue weighted by molar-refractivity contribution is -0.220. The summed E-state index contributed by atoms with van der Waals surface area (Å²) in [6.45, 7) is 3.16. The molecule has 0 saturated heterocycles. The van der Waals surface area contributed by atoms with Crippen molar-refractivity contribution < 1.29 is 26.3 Å². The van der Waals surface area contributed by atoms with Crippen LogP contribution in [0.5, 0.6) is 0 Å². The van der Waals surface area contributed by atoms with Crippen LogP contribution in [0.4, 0.5) is 26.3 Å². The van der Waals surface area contributed by atoms with E-state index in [1.165, 1.54) is 6.08 Å². The van der Waals surface area contributed by atoms with Crippen LogP contribution in [-0.4, -0.2) is 12.4 Å². The first kappa shape index (κ1) is 13.3. The number of alkyl halides is 6. The molecule has 0 spiro atoms. The van der Waals surface area contributed by atoms with Crippen LogP contribution in [-0.2, 0) is 0 Å². The Kier molecular flexibility index (Phi) is 4.48. The lowest BCUT2D eigenvalue weighted by Crippen LogP contribution is -2.28. The van der Waals surface area contributed by atoms with E-state index in [-0.39, 0.29) is 6.42 Å². The molecule has 0 bridgehead atoms. The fourth-order valence-electron chi connectivity index (χ4n) is 0.980. The number of rotatable bonds is 4. The maximum atomic E-state index is 12.0. The molecule has 84 valence electrons. The van der Waals surface area contributed by atoms with E-state index in [9.17, 15) is 26.3 Å². The second-order valence-corrected chi connectivity index (χ2v) is 2.92. The summed E-state index contributed by atoms with van der Waals surface area (Å²) in [6.07, 6.45) is -10.8. The predicted molar refractivity (Wildman–Crippen MR) is 39.6 cm³/mol. The van der Waals surface area contributed by atoms with Gasteiger partial charge in [0.2, 0.25) is 0 Å². The van der Waals surface area contributed by atoms with Crippen LogP contribution >= 0.6 is 0 Å². The summed E-state index contributed by atoms with van der Waals surface area (Å²) in [5.74, 6) is -2.32. The summed E-state index contributed by atoms with van der Waals surface area (Å²) in [6, 6.07) is 0. The Hall–Kier alpha value is -0.680. The standard InChI is InChI=1S/C8H10F6/c1-2-3-4-6(8(12,13)14)5-7(9,10)11/h2,6H,1,3-5H2. The van der Waals surface area contributed by atoms with E-state index >= 15 is 0 Å². The lowest BCUT2D eigenvalue weighted by atomic mass is 9.98. The molecule has 0 N–H and O–H groups in total. The smallest absolute Gasteiger partial charge is 0.171 e. The van der Waals surface area contributed by atoms with Gasteiger partial charge in [-0.25, -0.2) is 0 Å². The normalized spacial score (nSPS) is 15.3. The molecule has 0 amide bonds. The number of hydrogen-bond acceptors (Lipinski definition) is 0. The second kappa shape index (κ2) is 4.70. The minimum absolute atomic E-state index is 0.0692. The number of hydrogen-bond donors (Lipinski definition) is 0. The Morgan fingerprint density at radius 1 is 1.07 bits per heavy atom. The molecular formula is C8H10F6. The number of halogens is 6. The SMILES string of the molecule is C=CCCC(CC(F)(F)F)C(F)(F)F. The molecular weight excluding hydrogens is 210 g/mol. The summed E-state index contributed by atoms with van der Waals surface area (Å²) >= 11 is 0. The molecule has 0 fully saturated rings. The monoisotopic (exact) mass is 220 g/mol. The number of allylic oxidation sites excluding steroid dienone is 1. The van der Waals surface area contributed by atoms with E-state index in [1.54, 1.807) is 0 Å². The average Bonchev–Trinajstić information content (AvgIpc) is 1.93. The van der Waals surface area contributed by atoms with Crippen LogP contribution in [0.2, 0.25) is 0 Å². The highest BCUT2D eigenvalue weighted by Crippen LogP contribution is 2.38. The molecule has 14 heavy (non-hydrogen) atoms. The molecule has 0 radical (unpaired) electrons. The topological polar surface area (TPSA) is 0 Å². The molecule has 0 rings (SSSR count). The lowest BCUT2D eigenvalue weighted by Gasteiger charge is -2.20. The summed E-state index contributed by atoms with van der Waals surface area (Å²) in [4.78, 5) is 0. The van der Waals surface area contributed by atoms with Crippen LogP contribution in [0.25, 0.3) is 0 Å². The van der Waals surface area contributed by atoms with Crippen molar-refractivity contribution >= 4 is 0 Å². The van der Waals surface area contributed by atoms with Gasteiger partial charge in [-0.3, -0.25) is 0 Å². The van der Waals surface area contributed by atoms with Gasteiger partial charge in [-0.15, -0.1) is 6.58 Å². The van der Waals surface area contributed by atoms with Crippen LogP contribution in [0.3, 0.4) is 0 Å². The highest BCUT2D eigenvalue weighted by Gasteiger charge is 2.45. The maximum Gasteiger partial charge on any atom is 0.392 e. The third-order valence-electron chi connectivity index (χ3n) is 1.66. The molecule has 0 aliphatic carbocycles. The first-order valence-corrected chi connectivity index (χ1v) is 3.91. The van der Waals surface area contributed by atoms with Gasteiger partial charge in [0, 0.05) is 0 Å². The zero-order chi connectivity index (χ0) is 11.4. The molecule has 0 nitrogen and oxygen atoms in total. The quantitative estimate of drug-likeness (QED) is 0.494. The van der Waals surface area contributed by atoms with Gasteiger partial charge >= 0.3 is 12.4 Å². The van der Waals surface area contributed by atoms with Gasteiger partial charge in [0.1, 0.15) is 0 Å². The van der Waals surface area contributed by atoms with E-state index in [0.717, 1.165) is 0 Å². The van der Waals surface area contributed by atoms with Gasteiger partial charge in [0.25, 0.3) is 0 Å². The molecule has 1 unspecified atom stereocenters. The molecule has 0 aromatic carbocycles. The Balaban J connectivity index is 4.33. The summed E-state index contributed by atoms with van der Waals surface area (Å²) < 4.78 is 71.3. The highest BCUT2D eigenvalue weighted by atomic mass is 19.4. The highest BCUT2D eigenvalue weighted by molar-refractivity contribution is 4.76. The van der Waals surface area contributed by atoms with Crippen LogP contribution in [0.15, 0.2) is 12.7 Å². The van der Waals surface area contributed by atoms with Crippen molar-refractivity contribution in [3.8, 4) is 0 Å². The Labute approximate surface area is 77.6 Å². The summed E-state index contributed by atoms with van der Waals surface area (Å²) in [5, 5.41) is 0. The Bertz CT molecular complexity index is 177. The van der Waals surface area contributed by atoms with E-state index in [0.29, 0.717) is 0 Å². The fourth-order valence-corrected chi connectivity index (χ4v) is 0.980. The minimum Gasteiger partial charge on any atom is -0.171 e. The Morgan fingerprint density at radius 3 is 1.86 bits per heavy atom. The molecule has 0 heterocycles. The second-order valence-electron chi connectivity index (χ2n) is 2.92. The van der Waals surface area contributed by atoms with E-state index in [2.05, 4.69) is 6.58 Å². The van der Waals surface area contributed by atoms with Gasteiger partial charge in [-0.1, -0.05) is 6.08 Å². The van der Waals surface area contributed by atoms with Crippen molar-refractivity contribution in [1.29, 1.82) is 0 Å². The predicted octanol–water partition coefficient (Wildman–Crippen LogP) is 4.08. The zero-order valence-corrected chi connectivity index (χ0v) is 7.25. The summed E-state index contributed by atoms with van der Waals surface area (Å²) in [5.41, 5.74) is 0. The Morgan fingerprint density at radius 2 is 1.57 bits per heavy atom. The minimum atomic E-state index is -4.79. The molecule has 0 saturated carbocycles. The first-order chi connectivity index (χ1) is 6.17. The fraction of sp³-hybridized carbons (Fsp3) is 0.750. The van der Waals surface area contributed by atoms with Crippen molar-refractivity contribution in [1.82, 2.24) is 0 Å². The third-order valence-corrected chi connectivity index (χ3v) is 1.66. The molecule has 6 heteroatoms.